The van der Waals surface area contributed by atoms with Crippen molar-refractivity contribution < 1.29 is 22.6 Å². The zero-order chi connectivity index (χ0) is 27.2. The Morgan fingerprint density at radius 2 is 1.76 bits per heavy atom. The fraction of sp³-hybridized carbons (Fsp3) is 0.500. The van der Waals surface area contributed by atoms with Gasteiger partial charge in [-0.1, -0.05) is 49.3 Å². The maximum Gasteiger partial charge on any atom is 0.416 e. The second-order valence-corrected chi connectivity index (χ2v) is 11.0. The number of alkyl halides is 3. The van der Waals surface area contributed by atoms with Crippen molar-refractivity contribution in [3.8, 4) is 0 Å². The summed E-state index contributed by atoms with van der Waals surface area (Å²) in [6.45, 7) is 11.1. The molecular weight excluding hydrogens is 521 g/mol. The summed E-state index contributed by atoms with van der Waals surface area (Å²) >= 11 is 7.81. The van der Waals surface area contributed by atoms with Crippen molar-refractivity contribution in [2.24, 2.45) is 15.9 Å². The number of aryl methyl sites for hydroxylation is 1. The number of aliphatic imine (C=N–C) groups is 2. The van der Waals surface area contributed by atoms with E-state index in [0.29, 0.717) is 41.3 Å². The molecule has 0 amide bonds. The van der Waals surface area contributed by atoms with E-state index in [9.17, 15) is 13.2 Å². The lowest BCUT2D eigenvalue weighted by atomic mass is 9.91. The van der Waals surface area contributed by atoms with Crippen molar-refractivity contribution >= 4 is 35.2 Å². The third kappa shape index (κ3) is 7.66. The lowest BCUT2D eigenvalue weighted by Gasteiger charge is -2.34. The third-order valence-electron chi connectivity index (χ3n) is 6.06. The van der Waals surface area contributed by atoms with Gasteiger partial charge in [-0.3, -0.25) is 0 Å². The maximum absolute atomic E-state index is 13.0. The van der Waals surface area contributed by atoms with Crippen LogP contribution in [0.4, 0.5) is 13.2 Å². The fourth-order valence-electron chi connectivity index (χ4n) is 4.16. The average Bonchev–Trinajstić information content (AvgIpc) is 2.82. The molecule has 202 valence electrons. The standard InChI is InChI=1S/C28H34ClF3N2O2S/c1-6-35-25-24(18(3)4)33-26(36-7-2)27(5,34-25)15-9-10-19-13-14-22(17-23(19)29)37-21-12-8-11-20(16-21)28(30,31)32/h8,11-14,16-18,24H,6-7,9-10,15H2,1-5H3/t24-,27+/m0/s1. The molecule has 2 aromatic rings. The molecule has 2 atom stereocenters. The molecule has 0 spiro atoms. The molecule has 0 radical (unpaired) electrons. The normalized spacial score (nSPS) is 20.0. The van der Waals surface area contributed by atoms with E-state index in [4.69, 9.17) is 31.1 Å². The molecule has 37 heavy (non-hydrogen) atoms. The Morgan fingerprint density at radius 3 is 2.38 bits per heavy atom. The van der Waals surface area contributed by atoms with Gasteiger partial charge in [-0.2, -0.15) is 13.2 Å². The van der Waals surface area contributed by atoms with Crippen molar-refractivity contribution in [3.63, 3.8) is 0 Å². The van der Waals surface area contributed by atoms with Gasteiger partial charge in [0.2, 0.25) is 11.8 Å². The van der Waals surface area contributed by atoms with Crippen LogP contribution in [0.5, 0.6) is 0 Å². The van der Waals surface area contributed by atoms with Crippen LogP contribution in [0.25, 0.3) is 0 Å². The predicted octanol–water partition coefficient (Wildman–Crippen LogP) is 8.50. The molecule has 0 N–H and O–H groups in total. The highest BCUT2D eigenvalue weighted by atomic mass is 35.5. The lowest BCUT2D eigenvalue weighted by Crippen LogP contribution is -2.45. The maximum atomic E-state index is 13.0. The van der Waals surface area contributed by atoms with Crippen LogP contribution >= 0.6 is 23.4 Å². The summed E-state index contributed by atoms with van der Waals surface area (Å²) in [6, 6.07) is 10.7. The fourth-order valence-corrected chi connectivity index (χ4v) is 5.42. The smallest absolute Gasteiger partial charge is 0.416 e. The van der Waals surface area contributed by atoms with Crippen LogP contribution in [-0.2, 0) is 22.1 Å². The molecule has 1 aliphatic heterocycles. The number of benzene rings is 2. The molecule has 0 bridgehead atoms. The molecule has 0 unspecified atom stereocenters. The van der Waals surface area contributed by atoms with Gasteiger partial charge in [0.1, 0.15) is 11.6 Å². The zero-order valence-corrected chi connectivity index (χ0v) is 23.4. The molecule has 0 saturated heterocycles. The van der Waals surface area contributed by atoms with Crippen LogP contribution in [0.3, 0.4) is 0 Å². The molecule has 2 aromatic carbocycles. The quantitative estimate of drug-likeness (QED) is 0.312. The number of hydrogen-bond donors (Lipinski definition) is 0. The largest absolute Gasteiger partial charge is 0.480 e. The average molecular weight is 555 g/mol. The Hall–Kier alpha value is -2.19. The van der Waals surface area contributed by atoms with Crippen LogP contribution < -0.4 is 0 Å². The molecule has 1 heterocycles. The first-order chi connectivity index (χ1) is 17.5. The first-order valence-electron chi connectivity index (χ1n) is 12.5. The zero-order valence-electron chi connectivity index (χ0n) is 21.9. The second kappa shape index (κ2) is 12.6. The van der Waals surface area contributed by atoms with Crippen molar-refractivity contribution in [1.29, 1.82) is 0 Å². The first-order valence-corrected chi connectivity index (χ1v) is 13.7. The van der Waals surface area contributed by atoms with Crippen LogP contribution in [0.2, 0.25) is 5.02 Å². The van der Waals surface area contributed by atoms with Crippen molar-refractivity contribution in [2.75, 3.05) is 13.2 Å². The van der Waals surface area contributed by atoms with Gasteiger partial charge >= 0.3 is 6.18 Å². The Bertz CT molecular complexity index is 1140. The molecule has 4 nitrogen and oxygen atoms in total. The summed E-state index contributed by atoms with van der Waals surface area (Å²) in [5, 5.41) is 0.586. The topological polar surface area (TPSA) is 43.2 Å². The van der Waals surface area contributed by atoms with E-state index >= 15 is 0 Å². The number of halogens is 4. The number of nitrogens with zero attached hydrogens (tertiary/aromatic N) is 2. The molecule has 0 aliphatic carbocycles. The van der Waals surface area contributed by atoms with E-state index < -0.39 is 17.3 Å². The molecule has 0 aromatic heterocycles. The summed E-state index contributed by atoms with van der Waals surface area (Å²) in [4.78, 5) is 11.1. The van der Waals surface area contributed by atoms with E-state index in [2.05, 4.69) is 13.8 Å². The van der Waals surface area contributed by atoms with Crippen molar-refractivity contribution in [2.45, 2.75) is 81.4 Å². The van der Waals surface area contributed by atoms with Gasteiger partial charge in [-0.15, -0.1) is 0 Å². The van der Waals surface area contributed by atoms with Gasteiger partial charge in [-0.25, -0.2) is 9.98 Å². The minimum absolute atomic E-state index is 0.161. The van der Waals surface area contributed by atoms with E-state index in [1.165, 1.54) is 17.8 Å². The lowest BCUT2D eigenvalue weighted by molar-refractivity contribution is -0.137. The van der Waals surface area contributed by atoms with E-state index in [0.717, 1.165) is 35.4 Å². The minimum atomic E-state index is -4.37. The monoisotopic (exact) mass is 554 g/mol. The third-order valence-corrected chi connectivity index (χ3v) is 7.39. The van der Waals surface area contributed by atoms with Gasteiger partial charge in [0.05, 0.1) is 18.8 Å². The van der Waals surface area contributed by atoms with E-state index in [1.807, 2.05) is 32.9 Å². The number of hydrogen-bond acceptors (Lipinski definition) is 5. The molecule has 0 fully saturated rings. The van der Waals surface area contributed by atoms with E-state index in [-0.39, 0.29) is 12.0 Å². The van der Waals surface area contributed by atoms with Crippen LogP contribution in [0.15, 0.2) is 62.2 Å². The first kappa shape index (κ1) is 29.4. The predicted molar refractivity (Wildman–Crippen MR) is 145 cm³/mol. The molecule has 0 saturated carbocycles. The summed E-state index contributed by atoms with van der Waals surface area (Å²) in [5.74, 6) is 1.52. The summed E-state index contributed by atoms with van der Waals surface area (Å²) in [6.07, 6.45) is -2.17. The van der Waals surface area contributed by atoms with Crippen LogP contribution in [-0.4, -0.2) is 36.6 Å². The highest BCUT2D eigenvalue weighted by Crippen LogP contribution is 2.36. The van der Waals surface area contributed by atoms with Gasteiger partial charge in [-0.05, 0) is 81.8 Å². The molecule has 3 rings (SSSR count). The van der Waals surface area contributed by atoms with Gasteiger partial charge in [0, 0.05) is 14.8 Å². The summed E-state index contributed by atoms with van der Waals surface area (Å²) in [7, 11) is 0. The molecule has 1 aliphatic rings. The Kier molecular flexibility index (Phi) is 9.98. The molecule has 9 heteroatoms. The van der Waals surface area contributed by atoms with Gasteiger partial charge < -0.3 is 9.47 Å². The van der Waals surface area contributed by atoms with Crippen molar-refractivity contribution in [1.82, 2.24) is 0 Å². The second-order valence-electron chi connectivity index (χ2n) is 9.45. The number of ether oxygens (including phenoxy) is 2. The summed E-state index contributed by atoms with van der Waals surface area (Å²) < 4.78 is 50.8. The Labute approximate surface area is 226 Å². The SMILES string of the molecule is CCOC1=N[C@](C)(CCCc2ccc(Sc3cccc(C(F)(F)F)c3)cc2Cl)C(OCC)=N[C@H]1C(C)C. The highest BCUT2D eigenvalue weighted by Gasteiger charge is 2.39. The summed E-state index contributed by atoms with van der Waals surface area (Å²) in [5.41, 5.74) is -0.322. The molecular formula is C28H34ClF3N2O2S. The van der Waals surface area contributed by atoms with E-state index in [1.54, 1.807) is 12.1 Å². The van der Waals surface area contributed by atoms with Crippen molar-refractivity contribution in [3.05, 3.63) is 58.6 Å². The van der Waals surface area contributed by atoms with Crippen LogP contribution in [0.1, 0.15) is 58.6 Å². The number of rotatable bonds is 9. The minimum Gasteiger partial charge on any atom is -0.480 e. The van der Waals surface area contributed by atoms with Gasteiger partial charge in [0.25, 0.3) is 0 Å². The Morgan fingerprint density at radius 1 is 1.05 bits per heavy atom. The van der Waals surface area contributed by atoms with Gasteiger partial charge in [0.15, 0.2) is 0 Å². The Balaban J connectivity index is 1.69. The van der Waals surface area contributed by atoms with Crippen LogP contribution in [0, 0.1) is 5.92 Å². The highest BCUT2D eigenvalue weighted by molar-refractivity contribution is 7.99.